The van der Waals surface area contributed by atoms with Crippen LogP contribution in [0.1, 0.15) is 134 Å². The van der Waals surface area contributed by atoms with Crippen molar-refractivity contribution in [3.05, 3.63) is 22.3 Å². The number of benzene rings is 1. The number of carbonyl (C=O) groups is 2. The Kier molecular flexibility index (Phi) is 12.6. The summed E-state index contributed by atoms with van der Waals surface area (Å²) < 4.78 is 12.3. The molecule has 0 aliphatic carbocycles. The van der Waals surface area contributed by atoms with Gasteiger partial charge in [0.1, 0.15) is 17.1 Å². The van der Waals surface area contributed by atoms with E-state index in [1.807, 2.05) is 20.8 Å². The summed E-state index contributed by atoms with van der Waals surface area (Å²) in [6, 6.07) is 0. The van der Waals surface area contributed by atoms with Crippen molar-refractivity contribution in [2.75, 3.05) is 0 Å². The molecule has 0 bridgehead atoms. The van der Waals surface area contributed by atoms with E-state index in [2.05, 4.69) is 34.6 Å². The number of carboxylic acid groups (broad SMARTS) is 1. The molecule has 0 fully saturated rings. The Morgan fingerprint density at radius 1 is 0.868 bits per heavy atom. The van der Waals surface area contributed by atoms with Gasteiger partial charge in [0.2, 0.25) is 0 Å². The van der Waals surface area contributed by atoms with Crippen molar-refractivity contribution in [1.82, 2.24) is 0 Å². The fourth-order valence-corrected chi connectivity index (χ4v) is 5.79. The van der Waals surface area contributed by atoms with Crippen LogP contribution in [0, 0.1) is 38.5 Å². The van der Waals surface area contributed by atoms with Crippen LogP contribution in [0.25, 0.3) is 0 Å². The summed E-state index contributed by atoms with van der Waals surface area (Å²) in [5.74, 6) is 2.42. The van der Waals surface area contributed by atoms with Crippen molar-refractivity contribution in [2.24, 2.45) is 17.8 Å². The van der Waals surface area contributed by atoms with Crippen molar-refractivity contribution in [1.29, 1.82) is 0 Å². The Morgan fingerprint density at radius 3 is 2.03 bits per heavy atom. The lowest BCUT2D eigenvalue weighted by Crippen LogP contribution is -2.37. The van der Waals surface area contributed by atoms with E-state index in [-0.39, 0.29) is 18.4 Å². The van der Waals surface area contributed by atoms with E-state index in [4.69, 9.17) is 14.6 Å². The van der Waals surface area contributed by atoms with Crippen LogP contribution in [-0.2, 0) is 16.0 Å². The molecule has 2 rings (SSSR count). The highest BCUT2D eigenvalue weighted by atomic mass is 16.5. The average molecular weight is 531 g/mol. The lowest BCUT2D eigenvalue weighted by molar-refractivity contribution is -0.142. The van der Waals surface area contributed by atoms with Crippen LogP contribution in [-0.4, -0.2) is 22.6 Å². The predicted molar refractivity (Wildman–Crippen MR) is 155 cm³/mol. The topological polar surface area (TPSA) is 72.8 Å². The lowest BCUT2D eigenvalue weighted by Gasteiger charge is -2.38. The van der Waals surface area contributed by atoms with Crippen LogP contribution in [0.4, 0.5) is 0 Å². The van der Waals surface area contributed by atoms with Gasteiger partial charge in [-0.2, -0.15) is 0 Å². The van der Waals surface area contributed by atoms with E-state index < -0.39 is 11.9 Å². The third kappa shape index (κ3) is 9.93. The van der Waals surface area contributed by atoms with Gasteiger partial charge in [0, 0.05) is 5.56 Å². The van der Waals surface area contributed by atoms with Gasteiger partial charge in [0.25, 0.3) is 0 Å². The van der Waals surface area contributed by atoms with Gasteiger partial charge in [-0.15, -0.1) is 0 Å². The highest BCUT2D eigenvalue weighted by molar-refractivity contribution is 5.79. The molecule has 0 radical (unpaired) electrons. The monoisotopic (exact) mass is 530 g/mol. The first-order chi connectivity index (χ1) is 17.8. The van der Waals surface area contributed by atoms with Crippen molar-refractivity contribution >= 4 is 11.9 Å². The van der Waals surface area contributed by atoms with Gasteiger partial charge in [-0.05, 0) is 87.8 Å². The molecule has 216 valence electrons. The molecule has 0 aromatic heterocycles. The number of hydrogen-bond donors (Lipinski definition) is 1. The zero-order valence-electron chi connectivity index (χ0n) is 25.5. The van der Waals surface area contributed by atoms with Crippen LogP contribution in [0.5, 0.6) is 11.5 Å². The third-order valence-electron chi connectivity index (χ3n) is 8.60. The second-order valence-corrected chi connectivity index (χ2v) is 12.8. The van der Waals surface area contributed by atoms with Crippen molar-refractivity contribution in [3.8, 4) is 11.5 Å². The minimum Gasteiger partial charge on any atom is -0.487 e. The zero-order chi connectivity index (χ0) is 28.5. The minimum absolute atomic E-state index is 0.130. The molecule has 5 nitrogen and oxygen atoms in total. The molecule has 0 saturated heterocycles. The molecule has 0 saturated carbocycles. The van der Waals surface area contributed by atoms with Gasteiger partial charge in [-0.1, -0.05) is 72.6 Å². The zero-order valence-corrected chi connectivity index (χ0v) is 25.5. The molecule has 0 spiro atoms. The molecule has 1 aliphatic rings. The normalized spacial score (nSPS) is 18.6. The van der Waals surface area contributed by atoms with E-state index in [0.29, 0.717) is 5.75 Å². The molecule has 1 aliphatic heterocycles. The predicted octanol–water partition coefficient (Wildman–Crippen LogP) is 8.90. The number of esters is 1. The maximum absolute atomic E-state index is 12.2. The first-order valence-corrected chi connectivity index (χ1v) is 15.1. The SMILES string of the molecule is Cc1c(C)c2c(c(C)c1OC(=O)CCC(=O)O)CC[C@](C)(CCC[C@H](C)CCC[C@@H](C)CCCC(C)C)O2. The molecule has 0 unspecified atom stereocenters. The largest absolute Gasteiger partial charge is 0.487 e. The Morgan fingerprint density at radius 2 is 1.45 bits per heavy atom. The van der Waals surface area contributed by atoms with E-state index in [1.165, 1.54) is 51.4 Å². The number of hydrogen-bond acceptors (Lipinski definition) is 4. The van der Waals surface area contributed by atoms with Crippen molar-refractivity contribution in [3.63, 3.8) is 0 Å². The highest BCUT2D eigenvalue weighted by Crippen LogP contribution is 2.45. The van der Waals surface area contributed by atoms with E-state index in [0.717, 1.165) is 65.0 Å². The Hall–Kier alpha value is -2.04. The standard InChI is InChI=1S/C33H54O5/c1-22(2)12-9-13-23(3)14-10-15-24(4)16-11-20-33(8)21-19-28-27(7)31(25(5)26(6)32(28)38-33)37-30(36)18-17-29(34)35/h22-24H,9-21H2,1-8H3,(H,34,35)/t23-,24+,33-/m0/s1. The number of rotatable bonds is 16. The maximum Gasteiger partial charge on any atom is 0.311 e. The summed E-state index contributed by atoms with van der Waals surface area (Å²) in [5.41, 5.74) is 3.76. The summed E-state index contributed by atoms with van der Waals surface area (Å²) in [6.07, 6.45) is 13.1. The fraction of sp³-hybridized carbons (Fsp3) is 0.758. The first-order valence-electron chi connectivity index (χ1n) is 15.1. The number of fused-ring (bicyclic) bond motifs is 1. The summed E-state index contributed by atoms with van der Waals surface area (Å²) in [5, 5.41) is 8.85. The first kappa shape index (κ1) is 32.2. The Bertz CT molecular complexity index is 934. The average Bonchev–Trinajstić information content (AvgIpc) is 2.83. The van der Waals surface area contributed by atoms with Crippen molar-refractivity contribution in [2.45, 2.75) is 144 Å². The van der Waals surface area contributed by atoms with Gasteiger partial charge in [0.05, 0.1) is 12.8 Å². The van der Waals surface area contributed by atoms with E-state index in [1.54, 1.807) is 0 Å². The van der Waals surface area contributed by atoms with E-state index >= 15 is 0 Å². The van der Waals surface area contributed by atoms with Crippen LogP contribution in [0.15, 0.2) is 0 Å². The van der Waals surface area contributed by atoms with Crippen LogP contribution in [0.3, 0.4) is 0 Å². The number of aliphatic carboxylic acids is 1. The molecule has 3 atom stereocenters. The Labute approximate surface area is 232 Å². The van der Waals surface area contributed by atoms with Gasteiger partial charge < -0.3 is 14.6 Å². The summed E-state index contributed by atoms with van der Waals surface area (Å²) >= 11 is 0. The second-order valence-electron chi connectivity index (χ2n) is 12.8. The third-order valence-corrected chi connectivity index (χ3v) is 8.60. The number of ether oxygens (including phenoxy) is 2. The van der Waals surface area contributed by atoms with Gasteiger partial charge in [-0.25, -0.2) is 0 Å². The molecule has 1 N–H and O–H groups in total. The summed E-state index contributed by atoms with van der Waals surface area (Å²) in [4.78, 5) is 23.0. The molecular weight excluding hydrogens is 476 g/mol. The van der Waals surface area contributed by atoms with Gasteiger partial charge in [0.15, 0.2) is 0 Å². The number of carbonyl (C=O) groups excluding carboxylic acids is 1. The van der Waals surface area contributed by atoms with Crippen LogP contribution in [0.2, 0.25) is 0 Å². The molecular formula is C33H54O5. The second kappa shape index (κ2) is 14.9. The number of carboxylic acids is 1. The summed E-state index contributed by atoms with van der Waals surface area (Å²) in [6.45, 7) is 17.6. The fourth-order valence-electron chi connectivity index (χ4n) is 5.79. The van der Waals surface area contributed by atoms with E-state index in [9.17, 15) is 9.59 Å². The quantitative estimate of drug-likeness (QED) is 0.171. The molecule has 1 aromatic rings. The molecule has 1 heterocycles. The smallest absolute Gasteiger partial charge is 0.311 e. The van der Waals surface area contributed by atoms with Crippen LogP contribution >= 0.6 is 0 Å². The summed E-state index contributed by atoms with van der Waals surface area (Å²) in [7, 11) is 0. The van der Waals surface area contributed by atoms with Gasteiger partial charge in [-0.3, -0.25) is 9.59 Å². The molecule has 38 heavy (non-hydrogen) atoms. The molecule has 1 aromatic carbocycles. The van der Waals surface area contributed by atoms with Crippen LogP contribution < -0.4 is 9.47 Å². The minimum atomic E-state index is -0.999. The van der Waals surface area contributed by atoms with Crippen molar-refractivity contribution < 1.29 is 24.2 Å². The maximum atomic E-state index is 12.2. The lowest BCUT2D eigenvalue weighted by atomic mass is 9.83. The highest BCUT2D eigenvalue weighted by Gasteiger charge is 2.34. The molecule has 0 amide bonds. The molecule has 5 heteroatoms. The van der Waals surface area contributed by atoms with Gasteiger partial charge >= 0.3 is 11.9 Å². The Balaban J connectivity index is 1.87.